The first-order chi connectivity index (χ1) is 8.49. The second kappa shape index (κ2) is 4.86. The molecule has 2 rings (SSSR count). The summed E-state index contributed by atoms with van der Waals surface area (Å²) in [5.74, 6) is -1.37. The average molecular weight is 248 g/mol. The fraction of sp³-hybridized carbons (Fsp3) is 0.200. The van der Waals surface area contributed by atoms with Crippen molar-refractivity contribution in [3.05, 3.63) is 70.3 Å². The van der Waals surface area contributed by atoms with Crippen LogP contribution in [0.1, 0.15) is 28.4 Å². The Bertz CT molecular complexity index is 558. The highest BCUT2D eigenvalue weighted by atomic mass is 19.1. The fourth-order valence-corrected chi connectivity index (χ4v) is 1.98. The molecular weight excluding hydrogens is 234 g/mol. The first-order valence-corrected chi connectivity index (χ1v) is 5.69. The Morgan fingerprint density at radius 3 is 2.22 bits per heavy atom. The minimum Gasteiger partial charge on any atom is -0.384 e. The predicted octanol–water partition coefficient (Wildman–Crippen LogP) is 3.66. The van der Waals surface area contributed by atoms with Crippen molar-refractivity contribution in [1.82, 2.24) is 0 Å². The van der Waals surface area contributed by atoms with E-state index in [0.29, 0.717) is 5.56 Å². The number of aryl methyl sites for hydroxylation is 1. The molecule has 0 radical (unpaired) electrons. The van der Waals surface area contributed by atoms with Crippen molar-refractivity contribution >= 4 is 0 Å². The van der Waals surface area contributed by atoms with Crippen LogP contribution in [0.5, 0.6) is 0 Å². The number of aliphatic hydroxyl groups excluding tert-OH is 1. The van der Waals surface area contributed by atoms with E-state index in [1.165, 1.54) is 0 Å². The van der Waals surface area contributed by atoms with Gasteiger partial charge in [0.05, 0.1) is 0 Å². The maximum absolute atomic E-state index is 13.1. The van der Waals surface area contributed by atoms with Crippen LogP contribution in [-0.2, 0) is 0 Å². The molecule has 94 valence electrons. The summed E-state index contributed by atoms with van der Waals surface area (Å²) in [6.45, 7) is 3.81. The van der Waals surface area contributed by atoms with Gasteiger partial charge in [0.25, 0.3) is 0 Å². The summed E-state index contributed by atoms with van der Waals surface area (Å²) in [5.41, 5.74) is 2.85. The van der Waals surface area contributed by atoms with Crippen LogP contribution in [0.25, 0.3) is 0 Å². The maximum atomic E-state index is 13.1. The van der Waals surface area contributed by atoms with Crippen molar-refractivity contribution in [1.29, 1.82) is 0 Å². The van der Waals surface area contributed by atoms with E-state index in [0.717, 1.165) is 29.3 Å². The molecule has 1 unspecified atom stereocenters. The molecule has 3 heteroatoms. The quantitative estimate of drug-likeness (QED) is 0.859. The van der Waals surface area contributed by atoms with E-state index in [-0.39, 0.29) is 5.56 Å². The molecule has 0 bridgehead atoms. The Kier molecular flexibility index (Phi) is 3.43. The Hall–Kier alpha value is -1.74. The Morgan fingerprint density at radius 2 is 1.61 bits per heavy atom. The van der Waals surface area contributed by atoms with Crippen LogP contribution >= 0.6 is 0 Å². The molecule has 2 aromatic rings. The second-order valence-electron chi connectivity index (χ2n) is 4.39. The van der Waals surface area contributed by atoms with Gasteiger partial charge in [0.15, 0.2) is 0 Å². The standard InChI is InChI=1S/C15H14F2O/c1-9-4-3-5-14(10(9)2)15(18)11-6-12(16)8-13(17)7-11/h3-8,15,18H,1-2H3. The molecular formula is C15H14F2O. The Balaban J connectivity index is 2.47. The SMILES string of the molecule is Cc1cccc(C(O)c2cc(F)cc(F)c2)c1C. The molecule has 0 saturated carbocycles. The number of benzene rings is 2. The Morgan fingerprint density at radius 1 is 1.00 bits per heavy atom. The van der Waals surface area contributed by atoms with E-state index in [2.05, 4.69) is 0 Å². The number of rotatable bonds is 2. The minimum absolute atomic E-state index is 0.223. The average Bonchev–Trinajstić information content (AvgIpc) is 2.30. The third-order valence-corrected chi connectivity index (χ3v) is 3.14. The van der Waals surface area contributed by atoms with E-state index in [1.54, 1.807) is 6.07 Å². The van der Waals surface area contributed by atoms with Gasteiger partial charge in [-0.25, -0.2) is 8.78 Å². The maximum Gasteiger partial charge on any atom is 0.126 e. The van der Waals surface area contributed by atoms with E-state index in [1.807, 2.05) is 26.0 Å². The minimum atomic E-state index is -1.02. The number of halogens is 2. The molecule has 1 nitrogen and oxygen atoms in total. The van der Waals surface area contributed by atoms with Crippen LogP contribution in [0.2, 0.25) is 0 Å². The normalized spacial score (nSPS) is 12.5. The van der Waals surface area contributed by atoms with Gasteiger partial charge in [-0.1, -0.05) is 18.2 Å². The lowest BCUT2D eigenvalue weighted by Crippen LogP contribution is -2.04. The summed E-state index contributed by atoms with van der Waals surface area (Å²) in [6.07, 6.45) is -1.02. The number of hydrogen-bond donors (Lipinski definition) is 1. The van der Waals surface area contributed by atoms with Crippen molar-refractivity contribution in [2.24, 2.45) is 0 Å². The zero-order valence-electron chi connectivity index (χ0n) is 10.2. The largest absolute Gasteiger partial charge is 0.384 e. The van der Waals surface area contributed by atoms with E-state index in [4.69, 9.17) is 0 Å². The van der Waals surface area contributed by atoms with Gasteiger partial charge in [-0.15, -0.1) is 0 Å². The highest BCUT2D eigenvalue weighted by Crippen LogP contribution is 2.27. The third kappa shape index (κ3) is 2.41. The lowest BCUT2D eigenvalue weighted by atomic mass is 9.95. The van der Waals surface area contributed by atoms with Crippen molar-refractivity contribution < 1.29 is 13.9 Å². The van der Waals surface area contributed by atoms with Gasteiger partial charge in [0.1, 0.15) is 17.7 Å². The monoisotopic (exact) mass is 248 g/mol. The van der Waals surface area contributed by atoms with Crippen LogP contribution in [-0.4, -0.2) is 5.11 Å². The summed E-state index contributed by atoms with van der Waals surface area (Å²) in [4.78, 5) is 0. The van der Waals surface area contributed by atoms with Crippen LogP contribution in [0.4, 0.5) is 8.78 Å². The van der Waals surface area contributed by atoms with E-state index < -0.39 is 17.7 Å². The molecule has 18 heavy (non-hydrogen) atoms. The first kappa shape index (κ1) is 12.7. The van der Waals surface area contributed by atoms with Crippen molar-refractivity contribution in [3.8, 4) is 0 Å². The van der Waals surface area contributed by atoms with Crippen LogP contribution in [0.15, 0.2) is 36.4 Å². The molecule has 0 saturated heterocycles. The molecule has 1 atom stereocenters. The predicted molar refractivity (Wildman–Crippen MR) is 66.3 cm³/mol. The fourth-order valence-electron chi connectivity index (χ4n) is 1.98. The van der Waals surface area contributed by atoms with Crippen LogP contribution < -0.4 is 0 Å². The summed E-state index contributed by atoms with van der Waals surface area (Å²) in [7, 11) is 0. The molecule has 0 fully saturated rings. The summed E-state index contributed by atoms with van der Waals surface area (Å²) < 4.78 is 26.3. The summed E-state index contributed by atoms with van der Waals surface area (Å²) >= 11 is 0. The molecule has 0 amide bonds. The highest BCUT2D eigenvalue weighted by molar-refractivity contribution is 5.39. The van der Waals surface area contributed by atoms with Gasteiger partial charge in [0.2, 0.25) is 0 Å². The second-order valence-corrected chi connectivity index (χ2v) is 4.39. The van der Waals surface area contributed by atoms with Gasteiger partial charge in [0, 0.05) is 6.07 Å². The van der Waals surface area contributed by atoms with Gasteiger partial charge >= 0.3 is 0 Å². The molecule has 1 N–H and O–H groups in total. The molecule has 0 aromatic heterocycles. The summed E-state index contributed by atoms with van der Waals surface area (Å²) in [5, 5.41) is 10.2. The molecule has 0 aliphatic rings. The van der Waals surface area contributed by atoms with Crippen molar-refractivity contribution in [2.75, 3.05) is 0 Å². The van der Waals surface area contributed by atoms with Gasteiger partial charge < -0.3 is 5.11 Å². The molecule has 2 aromatic carbocycles. The molecule has 0 aliphatic heterocycles. The summed E-state index contributed by atoms with van der Waals surface area (Å²) in [6, 6.07) is 8.59. The van der Waals surface area contributed by atoms with Crippen LogP contribution in [0, 0.1) is 25.5 Å². The van der Waals surface area contributed by atoms with Crippen molar-refractivity contribution in [2.45, 2.75) is 20.0 Å². The first-order valence-electron chi connectivity index (χ1n) is 5.69. The topological polar surface area (TPSA) is 20.2 Å². The number of hydrogen-bond acceptors (Lipinski definition) is 1. The van der Waals surface area contributed by atoms with E-state index >= 15 is 0 Å². The zero-order valence-corrected chi connectivity index (χ0v) is 10.2. The molecule has 0 aliphatic carbocycles. The smallest absolute Gasteiger partial charge is 0.126 e. The lowest BCUT2D eigenvalue weighted by Gasteiger charge is -2.15. The zero-order chi connectivity index (χ0) is 13.3. The lowest BCUT2D eigenvalue weighted by molar-refractivity contribution is 0.218. The van der Waals surface area contributed by atoms with Gasteiger partial charge in [-0.3, -0.25) is 0 Å². The van der Waals surface area contributed by atoms with E-state index in [9.17, 15) is 13.9 Å². The van der Waals surface area contributed by atoms with Crippen molar-refractivity contribution in [3.63, 3.8) is 0 Å². The molecule has 0 heterocycles. The van der Waals surface area contributed by atoms with Gasteiger partial charge in [-0.05, 0) is 48.2 Å². The highest BCUT2D eigenvalue weighted by Gasteiger charge is 2.15. The Labute approximate surface area is 105 Å². The number of aliphatic hydroxyl groups is 1. The third-order valence-electron chi connectivity index (χ3n) is 3.14. The van der Waals surface area contributed by atoms with Gasteiger partial charge in [-0.2, -0.15) is 0 Å². The molecule has 0 spiro atoms. The van der Waals surface area contributed by atoms with Crippen LogP contribution in [0.3, 0.4) is 0 Å².